The Bertz CT molecular complexity index is 857. The molecule has 0 aliphatic heterocycles. The summed E-state index contributed by atoms with van der Waals surface area (Å²) in [6.45, 7) is 6.27. The van der Waals surface area contributed by atoms with Gasteiger partial charge in [0.1, 0.15) is 5.82 Å². The van der Waals surface area contributed by atoms with Crippen molar-refractivity contribution in [2.45, 2.75) is 58.3 Å². The van der Waals surface area contributed by atoms with E-state index in [1.807, 2.05) is 12.1 Å². The number of nitrogen functional groups attached to an aromatic ring is 1. The van der Waals surface area contributed by atoms with E-state index in [1.54, 1.807) is 23.1 Å². The molecule has 0 aromatic heterocycles. The standard InChI is InChI=1S/C23H30FN3O2/c1-23(2,3)16-9-14-19(25)20(15-16)27(18-12-10-17(24)11-13-18)22(29)8-6-4-5-7-21(26)28/h9-15H,4-8,25H2,1-3H3,(H2,26,28). The second-order valence-corrected chi connectivity index (χ2v) is 8.26. The Balaban J connectivity index is 2.32. The Morgan fingerprint density at radius 3 is 2.17 bits per heavy atom. The molecular formula is C23H30FN3O2. The summed E-state index contributed by atoms with van der Waals surface area (Å²) < 4.78 is 13.4. The summed E-state index contributed by atoms with van der Waals surface area (Å²) in [7, 11) is 0. The van der Waals surface area contributed by atoms with E-state index < -0.39 is 0 Å². The van der Waals surface area contributed by atoms with Crippen molar-refractivity contribution in [2.24, 2.45) is 5.73 Å². The number of amides is 2. The van der Waals surface area contributed by atoms with Gasteiger partial charge in [-0.1, -0.05) is 33.3 Å². The number of carbonyl (C=O) groups excluding carboxylic acids is 2. The van der Waals surface area contributed by atoms with Crippen LogP contribution in [0.3, 0.4) is 0 Å². The molecule has 2 amide bonds. The molecule has 0 saturated heterocycles. The summed E-state index contributed by atoms with van der Waals surface area (Å²) in [4.78, 5) is 25.5. The number of unbranched alkanes of at least 4 members (excludes halogenated alkanes) is 2. The van der Waals surface area contributed by atoms with Crippen molar-refractivity contribution in [2.75, 3.05) is 10.6 Å². The summed E-state index contributed by atoms with van der Waals surface area (Å²) in [6, 6.07) is 11.5. The van der Waals surface area contributed by atoms with E-state index >= 15 is 0 Å². The van der Waals surface area contributed by atoms with E-state index in [9.17, 15) is 14.0 Å². The molecule has 29 heavy (non-hydrogen) atoms. The predicted molar refractivity (Wildman–Crippen MR) is 115 cm³/mol. The Morgan fingerprint density at radius 1 is 0.966 bits per heavy atom. The molecule has 156 valence electrons. The summed E-state index contributed by atoms with van der Waals surface area (Å²) in [5.74, 6) is -0.839. The molecule has 2 aromatic rings. The number of benzene rings is 2. The molecule has 0 spiro atoms. The number of carbonyl (C=O) groups is 2. The summed E-state index contributed by atoms with van der Waals surface area (Å²) in [6.07, 6.45) is 2.61. The van der Waals surface area contributed by atoms with E-state index in [2.05, 4.69) is 20.8 Å². The van der Waals surface area contributed by atoms with Crippen LogP contribution in [-0.4, -0.2) is 11.8 Å². The molecular weight excluding hydrogens is 369 g/mol. The van der Waals surface area contributed by atoms with Crippen LogP contribution >= 0.6 is 0 Å². The maximum Gasteiger partial charge on any atom is 0.231 e. The normalized spacial score (nSPS) is 11.3. The second-order valence-electron chi connectivity index (χ2n) is 8.26. The number of rotatable bonds is 8. The molecule has 5 nitrogen and oxygen atoms in total. The van der Waals surface area contributed by atoms with Gasteiger partial charge in [-0.3, -0.25) is 14.5 Å². The van der Waals surface area contributed by atoms with E-state index in [4.69, 9.17) is 11.5 Å². The number of nitrogens with zero attached hydrogens (tertiary/aromatic N) is 1. The first kappa shape index (κ1) is 22.4. The summed E-state index contributed by atoms with van der Waals surface area (Å²) >= 11 is 0. The van der Waals surface area contributed by atoms with Crippen LogP contribution in [0.1, 0.15) is 58.4 Å². The highest BCUT2D eigenvalue weighted by molar-refractivity contribution is 6.03. The topological polar surface area (TPSA) is 89.4 Å². The van der Waals surface area contributed by atoms with Crippen molar-refractivity contribution in [3.63, 3.8) is 0 Å². The van der Waals surface area contributed by atoms with E-state index in [0.29, 0.717) is 36.3 Å². The highest BCUT2D eigenvalue weighted by Crippen LogP contribution is 2.35. The third-order valence-corrected chi connectivity index (χ3v) is 4.79. The first-order chi connectivity index (χ1) is 13.6. The van der Waals surface area contributed by atoms with Gasteiger partial charge in [-0.05, 0) is 60.2 Å². The smallest absolute Gasteiger partial charge is 0.231 e. The van der Waals surface area contributed by atoms with Gasteiger partial charge >= 0.3 is 0 Å². The number of halogens is 1. The van der Waals surface area contributed by atoms with Crippen LogP contribution in [0, 0.1) is 5.82 Å². The first-order valence-electron chi connectivity index (χ1n) is 9.86. The maximum atomic E-state index is 13.4. The van der Waals surface area contributed by atoms with Gasteiger partial charge in [0.05, 0.1) is 11.4 Å². The van der Waals surface area contributed by atoms with Crippen LogP contribution in [0.15, 0.2) is 42.5 Å². The van der Waals surface area contributed by atoms with Crippen molar-refractivity contribution in [3.05, 3.63) is 53.8 Å². The van der Waals surface area contributed by atoms with Crippen LogP contribution in [0.25, 0.3) is 0 Å². The third kappa shape index (κ3) is 6.31. The first-order valence-corrected chi connectivity index (χ1v) is 9.86. The van der Waals surface area contributed by atoms with E-state index in [1.165, 1.54) is 12.1 Å². The zero-order valence-electron chi connectivity index (χ0n) is 17.4. The molecule has 4 N–H and O–H groups in total. The fourth-order valence-corrected chi connectivity index (χ4v) is 3.08. The van der Waals surface area contributed by atoms with Gasteiger partial charge in [0.15, 0.2) is 0 Å². The SMILES string of the molecule is CC(C)(C)c1ccc(N)c(N(C(=O)CCCCCC(N)=O)c2ccc(F)cc2)c1. The molecule has 0 heterocycles. The van der Waals surface area contributed by atoms with Crippen LogP contribution in [0.4, 0.5) is 21.5 Å². The molecule has 0 aliphatic rings. The van der Waals surface area contributed by atoms with Gasteiger partial charge in [-0.2, -0.15) is 0 Å². The highest BCUT2D eigenvalue weighted by atomic mass is 19.1. The monoisotopic (exact) mass is 399 g/mol. The molecule has 0 fully saturated rings. The minimum Gasteiger partial charge on any atom is -0.397 e. The minimum atomic E-state index is -0.371. The van der Waals surface area contributed by atoms with Crippen molar-refractivity contribution in [1.29, 1.82) is 0 Å². The van der Waals surface area contributed by atoms with Gasteiger partial charge in [0, 0.05) is 18.5 Å². The Morgan fingerprint density at radius 2 is 1.59 bits per heavy atom. The molecule has 0 bridgehead atoms. The van der Waals surface area contributed by atoms with Crippen molar-refractivity contribution >= 4 is 28.9 Å². The third-order valence-electron chi connectivity index (χ3n) is 4.79. The molecule has 0 atom stereocenters. The molecule has 6 heteroatoms. The lowest BCUT2D eigenvalue weighted by atomic mass is 9.86. The predicted octanol–water partition coefficient (Wildman–Crippen LogP) is 4.81. The average molecular weight is 400 g/mol. The molecule has 0 unspecified atom stereocenters. The van der Waals surface area contributed by atoms with Crippen LogP contribution in [0.5, 0.6) is 0 Å². The van der Waals surface area contributed by atoms with Crippen LogP contribution < -0.4 is 16.4 Å². The molecule has 0 radical (unpaired) electrons. The Hall–Kier alpha value is -2.89. The van der Waals surface area contributed by atoms with Crippen LogP contribution in [-0.2, 0) is 15.0 Å². The van der Waals surface area contributed by atoms with Gasteiger partial charge in [-0.15, -0.1) is 0 Å². The van der Waals surface area contributed by atoms with E-state index in [0.717, 1.165) is 12.0 Å². The number of primary amides is 1. The minimum absolute atomic E-state index is 0.116. The lowest BCUT2D eigenvalue weighted by molar-refractivity contribution is -0.118. The second kappa shape index (κ2) is 9.54. The lowest BCUT2D eigenvalue weighted by Crippen LogP contribution is -2.27. The fourth-order valence-electron chi connectivity index (χ4n) is 3.08. The molecule has 2 aromatic carbocycles. The number of nitrogens with two attached hydrogens (primary N) is 2. The highest BCUT2D eigenvalue weighted by Gasteiger charge is 2.23. The Labute approximate surface area is 171 Å². The van der Waals surface area contributed by atoms with Gasteiger partial charge in [-0.25, -0.2) is 4.39 Å². The van der Waals surface area contributed by atoms with Gasteiger partial charge in [0.2, 0.25) is 11.8 Å². The lowest BCUT2D eigenvalue weighted by Gasteiger charge is -2.27. The van der Waals surface area contributed by atoms with Crippen molar-refractivity contribution in [3.8, 4) is 0 Å². The number of hydrogen-bond donors (Lipinski definition) is 2. The van der Waals surface area contributed by atoms with Crippen molar-refractivity contribution < 1.29 is 14.0 Å². The van der Waals surface area contributed by atoms with Crippen molar-refractivity contribution in [1.82, 2.24) is 0 Å². The molecule has 0 saturated carbocycles. The summed E-state index contributed by atoms with van der Waals surface area (Å²) in [5, 5.41) is 0. The number of anilines is 3. The summed E-state index contributed by atoms with van der Waals surface area (Å²) in [5.41, 5.74) is 13.9. The maximum absolute atomic E-state index is 13.4. The average Bonchev–Trinajstić information content (AvgIpc) is 2.63. The van der Waals surface area contributed by atoms with Gasteiger partial charge < -0.3 is 11.5 Å². The molecule has 2 rings (SSSR count). The number of hydrogen-bond acceptors (Lipinski definition) is 3. The zero-order chi connectivity index (χ0) is 21.6. The van der Waals surface area contributed by atoms with Gasteiger partial charge in [0.25, 0.3) is 0 Å². The van der Waals surface area contributed by atoms with E-state index in [-0.39, 0.29) is 29.5 Å². The van der Waals surface area contributed by atoms with Crippen LogP contribution in [0.2, 0.25) is 0 Å². The quantitative estimate of drug-likeness (QED) is 0.493. The zero-order valence-corrected chi connectivity index (χ0v) is 17.4. The Kier molecular flexibility index (Phi) is 7.37. The largest absolute Gasteiger partial charge is 0.397 e. The fraction of sp³-hybridized carbons (Fsp3) is 0.391. The molecule has 0 aliphatic carbocycles.